The van der Waals surface area contributed by atoms with Crippen LogP contribution in [0.3, 0.4) is 0 Å². The highest BCUT2D eigenvalue weighted by Crippen LogP contribution is 2.27. The molecule has 1 aromatic heterocycles. The summed E-state index contributed by atoms with van der Waals surface area (Å²) in [5, 5.41) is 11.6. The molecule has 7 heteroatoms. The van der Waals surface area contributed by atoms with E-state index in [1.165, 1.54) is 0 Å². The Kier molecular flexibility index (Phi) is 2.75. The first kappa shape index (κ1) is 11.2. The number of rotatable bonds is 2. The maximum Gasteiger partial charge on any atom is 0.226 e. The molecule has 0 amide bonds. The number of anilines is 1. The first-order valence-corrected chi connectivity index (χ1v) is 5.97. The van der Waals surface area contributed by atoms with Gasteiger partial charge in [0.2, 0.25) is 5.95 Å². The summed E-state index contributed by atoms with van der Waals surface area (Å²) in [5.74, 6) is 0.606. The molecule has 2 aliphatic heterocycles. The van der Waals surface area contributed by atoms with Gasteiger partial charge in [0.25, 0.3) is 0 Å². The molecule has 3 heterocycles. The number of ether oxygens (including phenoxy) is 1. The number of oxime groups is 1. The lowest BCUT2D eigenvalue weighted by molar-refractivity contribution is 0.0299. The van der Waals surface area contributed by atoms with Gasteiger partial charge in [-0.05, 0) is 18.9 Å². The van der Waals surface area contributed by atoms with Crippen LogP contribution in [-0.4, -0.2) is 46.3 Å². The van der Waals surface area contributed by atoms with E-state index in [4.69, 9.17) is 15.7 Å². The quantitative estimate of drug-likeness (QED) is 0.330. The van der Waals surface area contributed by atoms with E-state index in [1.807, 2.05) is 0 Å². The summed E-state index contributed by atoms with van der Waals surface area (Å²) in [6.07, 6.45) is 4.37. The Bertz CT molecular complexity index is 466. The van der Waals surface area contributed by atoms with E-state index in [0.717, 1.165) is 25.9 Å². The predicted molar refractivity (Wildman–Crippen MR) is 64.7 cm³/mol. The molecule has 0 radical (unpaired) electrons. The van der Waals surface area contributed by atoms with Gasteiger partial charge in [-0.15, -0.1) is 0 Å². The topological polar surface area (TPSA) is 96.9 Å². The molecule has 3 N–H and O–H groups in total. The van der Waals surface area contributed by atoms with Crippen LogP contribution < -0.4 is 10.6 Å². The number of hydrogen-bond acceptors (Lipinski definition) is 6. The van der Waals surface area contributed by atoms with Gasteiger partial charge in [0.1, 0.15) is 5.69 Å². The molecule has 96 valence electrons. The SMILES string of the molecule is N/C(=N/O)c1ccnc(N2CC3CCC(C2)O3)n1. The lowest BCUT2D eigenvalue weighted by Gasteiger charge is -2.32. The van der Waals surface area contributed by atoms with Crippen molar-refractivity contribution in [2.45, 2.75) is 25.0 Å². The van der Waals surface area contributed by atoms with E-state index in [1.54, 1.807) is 12.3 Å². The Morgan fingerprint density at radius 1 is 1.44 bits per heavy atom. The summed E-state index contributed by atoms with van der Waals surface area (Å²) in [7, 11) is 0. The highest BCUT2D eigenvalue weighted by molar-refractivity contribution is 5.95. The van der Waals surface area contributed by atoms with Crippen molar-refractivity contribution in [3.8, 4) is 0 Å². The van der Waals surface area contributed by atoms with Crippen LogP contribution in [0.2, 0.25) is 0 Å². The molecule has 2 unspecified atom stereocenters. The van der Waals surface area contributed by atoms with Gasteiger partial charge < -0.3 is 20.6 Å². The van der Waals surface area contributed by atoms with Gasteiger partial charge in [0.05, 0.1) is 12.2 Å². The van der Waals surface area contributed by atoms with E-state index in [0.29, 0.717) is 11.6 Å². The number of nitrogens with zero attached hydrogens (tertiary/aromatic N) is 4. The zero-order valence-corrected chi connectivity index (χ0v) is 9.86. The van der Waals surface area contributed by atoms with Crippen LogP contribution in [0.5, 0.6) is 0 Å². The molecule has 2 saturated heterocycles. The third-order valence-electron chi connectivity index (χ3n) is 3.34. The lowest BCUT2D eigenvalue weighted by Crippen LogP contribution is -2.43. The molecule has 0 saturated carbocycles. The van der Waals surface area contributed by atoms with Crippen molar-refractivity contribution >= 4 is 11.8 Å². The molecule has 2 bridgehead atoms. The lowest BCUT2D eigenvalue weighted by atomic mass is 10.2. The standard InChI is InChI=1S/C11H15N5O2/c12-10(15-17)9-3-4-13-11(14-9)16-5-7-1-2-8(6-16)18-7/h3-4,7-8,17H,1-2,5-6H2,(H2,12,15). The third-order valence-corrected chi connectivity index (χ3v) is 3.34. The van der Waals surface area contributed by atoms with E-state index in [2.05, 4.69) is 20.0 Å². The van der Waals surface area contributed by atoms with Crippen LogP contribution in [0.15, 0.2) is 17.4 Å². The molecular weight excluding hydrogens is 234 g/mol. The summed E-state index contributed by atoms with van der Waals surface area (Å²) in [5.41, 5.74) is 5.96. The van der Waals surface area contributed by atoms with E-state index in [-0.39, 0.29) is 18.0 Å². The highest BCUT2D eigenvalue weighted by Gasteiger charge is 2.34. The second-order valence-corrected chi connectivity index (χ2v) is 4.59. The number of fused-ring (bicyclic) bond motifs is 2. The zero-order chi connectivity index (χ0) is 12.5. The maximum atomic E-state index is 8.65. The van der Waals surface area contributed by atoms with Crippen molar-refractivity contribution in [1.82, 2.24) is 9.97 Å². The molecule has 3 rings (SSSR count). The van der Waals surface area contributed by atoms with Crippen molar-refractivity contribution in [3.05, 3.63) is 18.0 Å². The van der Waals surface area contributed by atoms with Gasteiger partial charge >= 0.3 is 0 Å². The normalized spacial score (nSPS) is 27.6. The maximum absolute atomic E-state index is 8.65. The minimum absolute atomic E-state index is 0.00474. The molecule has 2 aliphatic rings. The molecule has 18 heavy (non-hydrogen) atoms. The number of amidine groups is 1. The van der Waals surface area contributed by atoms with E-state index < -0.39 is 0 Å². The van der Waals surface area contributed by atoms with Crippen LogP contribution in [0, 0.1) is 0 Å². The van der Waals surface area contributed by atoms with Gasteiger partial charge in [-0.3, -0.25) is 0 Å². The van der Waals surface area contributed by atoms with Crippen LogP contribution in [0.4, 0.5) is 5.95 Å². The Morgan fingerprint density at radius 3 is 2.83 bits per heavy atom. The van der Waals surface area contributed by atoms with Crippen molar-refractivity contribution in [3.63, 3.8) is 0 Å². The average molecular weight is 249 g/mol. The van der Waals surface area contributed by atoms with Gasteiger partial charge in [0.15, 0.2) is 5.84 Å². The minimum Gasteiger partial charge on any atom is -0.409 e. The van der Waals surface area contributed by atoms with E-state index >= 15 is 0 Å². The molecule has 0 spiro atoms. The number of nitrogens with two attached hydrogens (primary N) is 1. The summed E-state index contributed by atoms with van der Waals surface area (Å²) >= 11 is 0. The number of aromatic nitrogens is 2. The predicted octanol–water partition coefficient (Wildman–Crippen LogP) is -0.0613. The first-order chi connectivity index (χ1) is 8.76. The zero-order valence-electron chi connectivity index (χ0n) is 9.86. The second-order valence-electron chi connectivity index (χ2n) is 4.59. The summed E-state index contributed by atoms with van der Waals surface area (Å²) < 4.78 is 5.76. The van der Waals surface area contributed by atoms with Gasteiger partial charge in [0, 0.05) is 19.3 Å². The fourth-order valence-electron chi connectivity index (χ4n) is 2.47. The number of morpholine rings is 1. The Hall–Kier alpha value is -1.89. The van der Waals surface area contributed by atoms with E-state index in [9.17, 15) is 0 Å². The molecule has 2 fully saturated rings. The molecule has 7 nitrogen and oxygen atoms in total. The molecule has 0 aromatic carbocycles. The molecule has 1 aromatic rings. The fourth-order valence-corrected chi connectivity index (χ4v) is 2.47. The van der Waals surface area contributed by atoms with Crippen molar-refractivity contribution in [1.29, 1.82) is 0 Å². The molecule has 2 atom stereocenters. The largest absolute Gasteiger partial charge is 0.409 e. The fraction of sp³-hybridized carbons (Fsp3) is 0.545. The monoisotopic (exact) mass is 249 g/mol. The van der Waals surface area contributed by atoms with Gasteiger partial charge in [-0.1, -0.05) is 5.16 Å². The van der Waals surface area contributed by atoms with Crippen molar-refractivity contribution in [2.75, 3.05) is 18.0 Å². The van der Waals surface area contributed by atoms with Crippen molar-refractivity contribution in [2.24, 2.45) is 10.9 Å². The number of hydrogen-bond donors (Lipinski definition) is 2. The van der Waals surface area contributed by atoms with Gasteiger partial charge in [-0.2, -0.15) is 0 Å². The summed E-state index contributed by atoms with van der Waals surface area (Å²) in [4.78, 5) is 10.6. The second kappa shape index (κ2) is 4.41. The Morgan fingerprint density at radius 2 is 2.17 bits per heavy atom. The molecule has 0 aliphatic carbocycles. The highest BCUT2D eigenvalue weighted by atomic mass is 16.5. The van der Waals surface area contributed by atoms with Crippen LogP contribution in [0.1, 0.15) is 18.5 Å². The summed E-state index contributed by atoms with van der Waals surface area (Å²) in [6, 6.07) is 1.62. The first-order valence-electron chi connectivity index (χ1n) is 5.97. The van der Waals surface area contributed by atoms with Crippen molar-refractivity contribution < 1.29 is 9.94 Å². The van der Waals surface area contributed by atoms with Crippen LogP contribution in [-0.2, 0) is 4.74 Å². The minimum atomic E-state index is -0.00474. The summed E-state index contributed by atoms with van der Waals surface area (Å²) in [6.45, 7) is 1.60. The third kappa shape index (κ3) is 1.97. The van der Waals surface area contributed by atoms with Gasteiger partial charge in [-0.25, -0.2) is 9.97 Å². The average Bonchev–Trinajstić information content (AvgIpc) is 2.76. The molecular formula is C11H15N5O2. The smallest absolute Gasteiger partial charge is 0.226 e. The van der Waals surface area contributed by atoms with Crippen LogP contribution >= 0.6 is 0 Å². The van der Waals surface area contributed by atoms with Crippen LogP contribution in [0.25, 0.3) is 0 Å². The Labute approximate surface area is 104 Å². The Balaban J connectivity index is 1.84.